The molecule has 1 aliphatic rings. The highest BCUT2D eigenvalue weighted by Crippen LogP contribution is 2.16. The number of hydrogen-bond acceptors (Lipinski definition) is 4. The predicted molar refractivity (Wildman–Crippen MR) is 75.0 cm³/mol. The van der Waals surface area contributed by atoms with Gasteiger partial charge in [0.05, 0.1) is 17.1 Å². The first-order chi connectivity index (χ1) is 8.48. The van der Waals surface area contributed by atoms with E-state index in [9.17, 15) is 13.2 Å². The van der Waals surface area contributed by atoms with Gasteiger partial charge in [-0.2, -0.15) is 0 Å². The lowest BCUT2D eigenvalue weighted by Crippen LogP contribution is -2.43. The predicted octanol–water partition coefficient (Wildman–Crippen LogP) is 1.95. The van der Waals surface area contributed by atoms with Crippen LogP contribution in [0, 0.1) is 6.92 Å². The first-order valence-electron chi connectivity index (χ1n) is 6.03. The lowest BCUT2D eigenvalue weighted by atomic mass is 10.2. The van der Waals surface area contributed by atoms with Gasteiger partial charge in [-0.15, -0.1) is 11.3 Å². The van der Waals surface area contributed by atoms with Crippen LogP contribution >= 0.6 is 11.3 Å². The minimum absolute atomic E-state index is 0.0562. The fourth-order valence-electron chi connectivity index (χ4n) is 1.65. The van der Waals surface area contributed by atoms with Crippen LogP contribution in [0.15, 0.2) is 11.4 Å². The smallest absolute Gasteiger partial charge is 0.254 e. The first-order valence-corrected chi connectivity index (χ1v) is 8.73. The van der Waals surface area contributed by atoms with Crippen LogP contribution in [-0.2, 0) is 9.84 Å². The highest BCUT2D eigenvalue weighted by Gasteiger charge is 2.25. The third kappa shape index (κ3) is 3.81. The highest BCUT2D eigenvalue weighted by atomic mass is 32.2. The molecule has 1 aliphatic heterocycles. The Labute approximate surface area is 113 Å². The molecule has 0 saturated carbocycles. The number of rotatable bonds is 1. The summed E-state index contributed by atoms with van der Waals surface area (Å²) in [5.74, 6) is 0.114. The van der Waals surface area contributed by atoms with Crippen molar-refractivity contribution in [3.8, 4) is 0 Å². The second-order valence-electron chi connectivity index (χ2n) is 3.89. The molecule has 0 bridgehead atoms. The molecular formula is C12H19NO3S2. The normalized spacial score (nSPS) is 17.8. The van der Waals surface area contributed by atoms with E-state index in [2.05, 4.69) is 0 Å². The van der Waals surface area contributed by atoms with Crippen molar-refractivity contribution in [2.24, 2.45) is 0 Å². The summed E-state index contributed by atoms with van der Waals surface area (Å²) in [6, 6.07) is 1.84. The van der Waals surface area contributed by atoms with Crippen LogP contribution in [0.2, 0.25) is 0 Å². The zero-order valence-electron chi connectivity index (χ0n) is 11.0. The Morgan fingerprint density at radius 1 is 1.28 bits per heavy atom. The van der Waals surface area contributed by atoms with Crippen molar-refractivity contribution in [2.45, 2.75) is 20.8 Å². The molecule has 0 spiro atoms. The summed E-state index contributed by atoms with van der Waals surface area (Å²) < 4.78 is 22.4. The standard InChI is InChI=1S/C10H13NO3S2.C2H6/c1-8-6-9(7-15-8)10(12)11-2-4-16(13,14)5-3-11;1-2/h6-7H,2-5H2,1H3;1-2H3. The van der Waals surface area contributed by atoms with E-state index in [4.69, 9.17) is 0 Å². The van der Waals surface area contributed by atoms with Gasteiger partial charge in [-0.05, 0) is 13.0 Å². The molecule has 0 atom stereocenters. The number of nitrogens with zero attached hydrogens (tertiary/aromatic N) is 1. The van der Waals surface area contributed by atoms with E-state index >= 15 is 0 Å². The Bertz CT molecular complexity index is 491. The Balaban J connectivity index is 0.000000771. The van der Waals surface area contributed by atoms with Gasteiger partial charge in [0.2, 0.25) is 0 Å². The molecule has 4 nitrogen and oxygen atoms in total. The van der Waals surface area contributed by atoms with Crippen molar-refractivity contribution >= 4 is 27.1 Å². The number of carbonyl (C=O) groups excluding carboxylic acids is 1. The summed E-state index contributed by atoms with van der Waals surface area (Å²) in [7, 11) is -2.92. The van der Waals surface area contributed by atoms with Gasteiger partial charge < -0.3 is 4.90 Å². The molecule has 0 aromatic carbocycles. The highest BCUT2D eigenvalue weighted by molar-refractivity contribution is 7.91. The monoisotopic (exact) mass is 289 g/mol. The summed E-state index contributed by atoms with van der Waals surface area (Å²) in [6.07, 6.45) is 0. The lowest BCUT2D eigenvalue weighted by Gasteiger charge is -2.26. The molecule has 2 heterocycles. The van der Waals surface area contributed by atoms with Gasteiger partial charge in [0, 0.05) is 23.3 Å². The third-order valence-electron chi connectivity index (χ3n) is 2.61. The lowest BCUT2D eigenvalue weighted by molar-refractivity contribution is 0.0771. The average molecular weight is 289 g/mol. The number of hydrogen-bond donors (Lipinski definition) is 0. The molecule has 2 rings (SSSR count). The van der Waals surface area contributed by atoms with Crippen LogP contribution in [0.3, 0.4) is 0 Å². The average Bonchev–Trinajstić information content (AvgIpc) is 2.78. The molecule has 1 amide bonds. The van der Waals surface area contributed by atoms with E-state index in [1.807, 2.05) is 32.2 Å². The van der Waals surface area contributed by atoms with E-state index in [1.54, 1.807) is 4.90 Å². The van der Waals surface area contributed by atoms with Crippen molar-refractivity contribution in [2.75, 3.05) is 24.6 Å². The number of carbonyl (C=O) groups is 1. The molecule has 6 heteroatoms. The summed E-state index contributed by atoms with van der Waals surface area (Å²) in [5, 5.41) is 1.82. The molecule has 18 heavy (non-hydrogen) atoms. The van der Waals surface area contributed by atoms with Gasteiger partial charge in [0.15, 0.2) is 9.84 Å². The van der Waals surface area contributed by atoms with E-state index in [1.165, 1.54) is 11.3 Å². The Morgan fingerprint density at radius 2 is 1.83 bits per heavy atom. The maximum Gasteiger partial charge on any atom is 0.254 e. The summed E-state index contributed by atoms with van der Waals surface area (Å²) in [4.78, 5) is 14.7. The van der Waals surface area contributed by atoms with Crippen molar-refractivity contribution < 1.29 is 13.2 Å². The minimum atomic E-state index is -2.92. The molecule has 102 valence electrons. The van der Waals surface area contributed by atoms with Crippen molar-refractivity contribution in [3.05, 3.63) is 21.9 Å². The maximum atomic E-state index is 12.0. The second-order valence-corrected chi connectivity index (χ2v) is 7.31. The minimum Gasteiger partial charge on any atom is -0.337 e. The van der Waals surface area contributed by atoms with E-state index in [-0.39, 0.29) is 17.4 Å². The largest absolute Gasteiger partial charge is 0.337 e. The molecule has 1 aromatic rings. The molecule has 0 aliphatic carbocycles. The van der Waals surface area contributed by atoms with Crippen molar-refractivity contribution in [1.29, 1.82) is 0 Å². The summed E-state index contributed by atoms with van der Waals surface area (Å²) in [6.45, 7) is 6.58. The number of thiophene rings is 1. The molecule has 1 saturated heterocycles. The Morgan fingerprint density at radius 3 is 2.28 bits per heavy atom. The zero-order valence-corrected chi connectivity index (χ0v) is 12.6. The topological polar surface area (TPSA) is 54.5 Å². The van der Waals surface area contributed by atoms with Gasteiger partial charge in [0.25, 0.3) is 5.91 Å². The summed E-state index contributed by atoms with van der Waals surface area (Å²) >= 11 is 1.53. The van der Waals surface area contributed by atoms with Crippen LogP contribution in [0.5, 0.6) is 0 Å². The van der Waals surface area contributed by atoms with Crippen LogP contribution in [0.25, 0.3) is 0 Å². The SMILES string of the molecule is CC.Cc1cc(C(=O)N2CCS(=O)(=O)CC2)cs1. The van der Waals surface area contributed by atoms with Gasteiger partial charge in [-0.25, -0.2) is 8.42 Å². The van der Waals surface area contributed by atoms with Gasteiger partial charge in [-0.1, -0.05) is 13.8 Å². The zero-order chi connectivity index (χ0) is 13.8. The van der Waals surface area contributed by atoms with E-state index in [0.29, 0.717) is 18.7 Å². The third-order valence-corrected chi connectivity index (χ3v) is 5.08. The van der Waals surface area contributed by atoms with Gasteiger partial charge >= 0.3 is 0 Å². The second kappa shape index (κ2) is 6.33. The molecule has 1 fully saturated rings. The van der Waals surface area contributed by atoms with Gasteiger partial charge in [-0.3, -0.25) is 4.79 Å². The fourth-order valence-corrected chi connectivity index (χ4v) is 3.53. The van der Waals surface area contributed by atoms with Crippen LogP contribution in [0.4, 0.5) is 0 Å². The molecule has 0 N–H and O–H groups in total. The van der Waals surface area contributed by atoms with Crippen LogP contribution in [0.1, 0.15) is 29.1 Å². The molecule has 0 radical (unpaired) electrons. The molecular weight excluding hydrogens is 270 g/mol. The first kappa shape index (κ1) is 15.2. The van der Waals surface area contributed by atoms with Crippen molar-refractivity contribution in [3.63, 3.8) is 0 Å². The van der Waals surface area contributed by atoms with Crippen LogP contribution in [-0.4, -0.2) is 43.8 Å². The molecule has 0 unspecified atom stereocenters. The van der Waals surface area contributed by atoms with Crippen molar-refractivity contribution in [1.82, 2.24) is 4.90 Å². The quantitative estimate of drug-likeness (QED) is 0.794. The maximum absolute atomic E-state index is 12.0. The van der Waals surface area contributed by atoms with E-state index < -0.39 is 9.84 Å². The Hall–Kier alpha value is -0.880. The number of sulfone groups is 1. The summed E-state index contributed by atoms with van der Waals surface area (Å²) in [5.41, 5.74) is 0.668. The Kier molecular flexibility index (Phi) is 5.34. The van der Waals surface area contributed by atoms with Gasteiger partial charge in [0.1, 0.15) is 0 Å². The molecule has 1 aromatic heterocycles. The van der Waals surface area contributed by atoms with Crippen LogP contribution < -0.4 is 0 Å². The number of aryl methyl sites for hydroxylation is 1. The van der Waals surface area contributed by atoms with E-state index in [0.717, 1.165) is 4.88 Å². The number of amides is 1. The fraction of sp³-hybridized carbons (Fsp3) is 0.583.